The van der Waals surface area contributed by atoms with Crippen molar-refractivity contribution >= 4 is 29.9 Å². The van der Waals surface area contributed by atoms with Gasteiger partial charge in [0.15, 0.2) is 11.5 Å². The molecule has 2 fully saturated rings. The maximum atomic E-state index is 13.6. The first-order chi connectivity index (χ1) is 17.6. The summed E-state index contributed by atoms with van der Waals surface area (Å²) in [6, 6.07) is 9.83. The van der Waals surface area contributed by atoms with Gasteiger partial charge in [0.2, 0.25) is 0 Å². The average Bonchev–Trinajstić information content (AvgIpc) is 3.64. The van der Waals surface area contributed by atoms with Crippen molar-refractivity contribution in [2.75, 3.05) is 37.7 Å². The number of morpholine rings is 1. The van der Waals surface area contributed by atoms with E-state index in [9.17, 15) is 4.79 Å². The average molecular weight is 524 g/mol. The first kappa shape index (κ1) is 25.1. The van der Waals surface area contributed by atoms with Crippen LogP contribution in [0.15, 0.2) is 49.1 Å². The smallest absolute Gasteiger partial charge is 0.326 e. The van der Waals surface area contributed by atoms with E-state index in [0.717, 1.165) is 29.8 Å². The lowest BCUT2D eigenvalue weighted by molar-refractivity contribution is 0.0144. The Morgan fingerprint density at radius 1 is 1.16 bits per heavy atom. The molecule has 1 aromatic carbocycles. The van der Waals surface area contributed by atoms with E-state index in [4.69, 9.17) is 9.72 Å². The SMILES string of the molecule is CC(C)[C@H]1CN(C[C@H]2CNCCO2)C(=O)N1c1ccn2ncc(-c3ccc(-c4nc[nH]n4)cc3)c2n1.Cl. The number of aromatic nitrogens is 6. The number of ether oxygens (including phenoxy) is 1. The van der Waals surface area contributed by atoms with E-state index in [0.29, 0.717) is 37.0 Å². The predicted molar refractivity (Wildman–Crippen MR) is 142 cm³/mol. The predicted octanol–water partition coefficient (Wildman–Crippen LogP) is 2.86. The van der Waals surface area contributed by atoms with Crippen molar-refractivity contribution in [2.24, 2.45) is 5.92 Å². The number of H-pyrrole nitrogens is 1. The van der Waals surface area contributed by atoms with E-state index in [2.05, 4.69) is 39.4 Å². The van der Waals surface area contributed by atoms with Gasteiger partial charge in [-0.25, -0.2) is 19.3 Å². The zero-order valence-corrected chi connectivity index (χ0v) is 21.6. The van der Waals surface area contributed by atoms with E-state index in [-0.39, 0.29) is 36.5 Å². The second-order valence-electron chi connectivity index (χ2n) is 9.58. The molecule has 3 aromatic heterocycles. The lowest BCUT2D eigenvalue weighted by atomic mass is 10.0. The summed E-state index contributed by atoms with van der Waals surface area (Å²) in [7, 11) is 0. The van der Waals surface area contributed by atoms with Crippen LogP contribution in [0.4, 0.5) is 10.6 Å². The molecule has 2 amide bonds. The number of fused-ring (bicyclic) bond motifs is 1. The molecule has 5 heterocycles. The second kappa shape index (κ2) is 10.4. The van der Waals surface area contributed by atoms with Gasteiger partial charge in [0, 0.05) is 43.5 Å². The van der Waals surface area contributed by atoms with Crippen LogP contribution in [-0.2, 0) is 4.74 Å². The molecular formula is C25H30ClN9O2. The molecule has 194 valence electrons. The zero-order valence-electron chi connectivity index (χ0n) is 20.7. The van der Waals surface area contributed by atoms with Gasteiger partial charge in [0.05, 0.1) is 24.9 Å². The number of hydrogen-bond donors (Lipinski definition) is 2. The molecule has 0 bridgehead atoms. The molecule has 2 aliphatic rings. The maximum Gasteiger partial charge on any atom is 0.326 e. The van der Waals surface area contributed by atoms with Crippen LogP contribution in [0.2, 0.25) is 0 Å². The fraction of sp³-hybridized carbons (Fsp3) is 0.400. The standard InChI is InChI=1S/C25H29N9O2.ClH/c1-16(2)21-14-32(13-19-11-26-8-10-36-19)25(35)34(21)22-7-9-33-24(30-22)20(12-29-33)17-3-5-18(6-4-17)23-27-15-28-31-23;/h3-7,9,12,15-16,19,21,26H,8,10-11,13-14H2,1-2H3,(H,27,28,31);1H/t19-,21-;/m1./s1. The van der Waals surface area contributed by atoms with Crippen LogP contribution in [0.25, 0.3) is 28.2 Å². The van der Waals surface area contributed by atoms with E-state index in [1.165, 1.54) is 0 Å². The van der Waals surface area contributed by atoms with E-state index in [1.54, 1.807) is 17.0 Å². The van der Waals surface area contributed by atoms with Gasteiger partial charge in [-0.3, -0.25) is 10.00 Å². The monoisotopic (exact) mass is 523 g/mol. The molecule has 2 atom stereocenters. The first-order valence-electron chi connectivity index (χ1n) is 12.3. The van der Waals surface area contributed by atoms with Gasteiger partial charge < -0.3 is 15.0 Å². The first-order valence-corrected chi connectivity index (χ1v) is 12.3. The van der Waals surface area contributed by atoms with E-state index < -0.39 is 0 Å². The lowest BCUT2D eigenvalue weighted by Crippen LogP contribution is -2.46. The van der Waals surface area contributed by atoms with Crippen LogP contribution in [0.5, 0.6) is 0 Å². The summed E-state index contributed by atoms with van der Waals surface area (Å²) in [6.45, 7) is 7.80. The Labute approximate surface area is 220 Å². The molecule has 0 spiro atoms. The minimum atomic E-state index is -0.0309. The van der Waals surface area contributed by atoms with Gasteiger partial charge in [0.25, 0.3) is 0 Å². The maximum absolute atomic E-state index is 13.6. The Morgan fingerprint density at radius 2 is 1.97 bits per heavy atom. The van der Waals surface area contributed by atoms with E-state index in [1.807, 2.05) is 46.3 Å². The molecular weight excluding hydrogens is 494 g/mol. The number of urea groups is 1. The summed E-state index contributed by atoms with van der Waals surface area (Å²) in [5.74, 6) is 1.55. The van der Waals surface area contributed by atoms with Crippen LogP contribution in [-0.4, -0.2) is 85.6 Å². The number of halogens is 1. The second-order valence-corrected chi connectivity index (χ2v) is 9.58. The number of carbonyl (C=O) groups is 1. The van der Waals surface area contributed by atoms with Crippen molar-refractivity contribution in [2.45, 2.75) is 26.0 Å². The number of aromatic amines is 1. The van der Waals surface area contributed by atoms with Gasteiger partial charge >= 0.3 is 6.03 Å². The highest BCUT2D eigenvalue weighted by molar-refractivity contribution is 5.94. The number of nitrogens with one attached hydrogen (secondary N) is 2. The third-order valence-corrected chi connectivity index (χ3v) is 6.88. The number of nitrogens with zero attached hydrogens (tertiary/aromatic N) is 7. The molecule has 0 radical (unpaired) electrons. The quantitative estimate of drug-likeness (QED) is 0.399. The third kappa shape index (κ3) is 4.77. The van der Waals surface area contributed by atoms with Crippen molar-refractivity contribution in [3.8, 4) is 22.5 Å². The Balaban J connectivity index is 0.00000280. The van der Waals surface area contributed by atoms with Crippen LogP contribution < -0.4 is 10.2 Å². The number of amides is 2. The highest BCUT2D eigenvalue weighted by Crippen LogP contribution is 2.31. The molecule has 11 nitrogen and oxygen atoms in total. The van der Waals surface area contributed by atoms with Crippen molar-refractivity contribution in [3.63, 3.8) is 0 Å². The largest absolute Gasteiger partial charge is 0.374 e. The van der Waals surface area contributed by atoms with Crippen LogP contribution in [0.1, 0.15) is 13.8 Å². The fourth-order valence-electron chi connectivity index (χ4n) is 4.94. The molecule has 6 rings (SSSR count). The van der Waals surface area contributed by atoms with Crippen molar-refractivity contribution < 1.29 is 9.53 Å². The minimum absolute atomic E-state index is 0. The molecule has 0 saturated carbocycles. The topological polar surface area (TPSA) is 117 Å². The van der Waals surface area contributed by atoms with Gasteiger partial charge in [-0.1, -0.05) is 38.1 Å². The minimum Gasteiger partial charge on any atom is -0.374 e. The summed E-state index contributed by atoms with van der Waals surface area (Å²) in [6.07, 6.45) is 5.24. The Bertz CT molecular complexity index is 1350. The molecule has 2 N–H and O–H groups in total. The number of anilines is 1. The highest BCUT2D eigenvalue weighted by Gasteiger charge is 2.41. The van der Waals surface area contributed by atoms with Gasteiger partial charge in [-0.15, -0.1) is 12.4 Å². The summed E-state index contributed by atoms with van der Waals surface area (Å²) in [5, 5.41) is 14.7. The van der Waals surface area contributed by atoms with Gasteiger partial charge in [-0.05, 0) is 17.5 Å². The summed E-state index contributed by atoms with van der Waals surface area (Å²) >= 11 is 0. The molecule has 4 aromatic rings. The van der Waals surface area contributed by atoms with Crippen LogP contribution in [0.3, 0.4) is 0 Å². The lowest BCUT2D eigenvalue weighted by Gasteiger charge is -2.27. The zero-order chi connectivity index (χ0) is 24.6. The molecule has 12 heteroatoms. The molecule has 0 aliphatic carbocycles. The molecule has 0 unspecified atom stereocenters. The molecule has 37 heavy (non-hydrogen) atoms. The number of rotatable bonds is 6. The number of carbonyl (C=O) groups excluding carboxylic acids is 1. The van der Waals surface area contributed by atoms with Crippen molar-refractivity contribution in [1.82, 2.24) is 40.0 Å². The third-order valence-electron chi connectivity index (χ3n) is 6.88. The summed E-state index contributed by atoms with van der Waals surface area (Å²) < 4.78 is 7.60. The Kier molecular flexibility index (Phi) is 7.09. The summed E-state index contributed by atoms with van der Waals surface area (Å²) in [5.41, 5.74) is 3.49. The molecule has 2 saturated heterocycles. The van der Waals surface area contributed by atoms with Crippen LogP contribution in [0, 0.1) is 5.92 Å². The molecule has 2 aliphatic heterocycles. The van der Waals surface area contributed by atoms with Gasteiger partial charge in [0.1, 0.15) is 12.1 Å². The van der Waals surface area contributed by atoms with E-state index >= 15 is 0 Å². The highest BCUT2D eigenvalue weighted by atomic mass is 35.5. The van der Waals surface area contributed by atoms with Crippen LogP contribution >= 0.6 is 12.4 Å². The normalized spacial score (nSPS) is 20.1. The Hall–Kier alpha value is -3.54. The number of hydrogen-bond acceptors (Lipinski definition) is 7. The van der Waals surface area contributed by atoms with Crippen molar-refractivity contribution in [1.29, 1.82) is 0 Å². The summed E-state index contributed by atoms with van der Waals surface area (Å²) in [4.78, 5) is 26.4. The Morgan fingerprint density at radius 3 is 2.68 bits per heavy atom. The van der Waals surface area contributed by atoms with Crippen molar-refractivity contribution in [3.05, 3.63) is 49.1 Å². The van der Waals surface area contributed by atoms with Gasteiger partial charge in [-0.2, -0.15) is 10.2 Å². The number of benzene rings is 1. The fourth-order valence-corrected chi connectivity index (χ4v) is 4.94.